The molecule has 1 aromatic heterocycles. The van der Waals surface area contributed by atoms with Crippen LogP contribution in [0.5, 0.6) is 0 Å². The van der Waals surface area contributed by atoms with Crippen molar-refractivity contribution < 1.29 is 19.4 Å². The number of carbonyl (C=O) groups is 2. The zero-order valence-electron chi connectivity index (χ0n) is 19.7. The molecular formula is C27H16N4O7S. The lowest BCUT2D eigenvalue weighted by Gasteiger charge is -2.08. The molecule has 11 nitrogen and oxygen atoms in total. The number of amides is 2. The van der Waals surface area contributed by atoms with Crippen LogP contribution >= 0.6 is 11.3 Å². The Morgan fingerprint density at radius 1 is 0.615 bits per heavy atom. The zero-order chi connectivity index (χ0) is 27.7. The summed E-state index contributed by atoms with van der Waals surface area (Å²) in [7, 11) is 0. The molecule has 0 spiro atoms. The van der Waals surface area contributed by atoms with Gasteiger partial charge < -0.3 is 10.6 Å². The number of anilines is 2. The largest absolute Gasteiger partial charge is 0.322 e. The summed E-state index contributed by atoms with van der Waals surface area (Å²) in [4.78, 5) is 59.3. The third kappa shape index (κ3) is 5.17. The van der Waals surface area contributed by atoms with Crippen molar-refractivity contribution in [3.05, 3.63) is 127 Å². The van der Waals surface area contributed by atoms with Gasteiger partial charge in [0, 0.05) is 66.9 Å². The molecule has 5 rings (SSSR count). The summed E-state index contributed by atoms with van der Waals surface area (Å²) in [6.45, 7) is 0. The number of non-ortho nitro benzene ring substituents is 2. The molecule has 0 aliphatic heterocycles. The fourth-order valence-corrected chi connectivity index (χ4v) is 5.02. The molecule has 0 bridgehead atoms. The molecule has 4 aromatic carbocycles. The Kier molecular flexibility index (Phi) is 6.52. The Morgan fingerprint density at radius 3 is 1.36 bits per heavy atom. The van der Waals surface area contributed by atoms with Crippen LogP contribution < -0.4 is 16.1 Å². The van der Waals surface area contributed by atoms with Crippen LogP contribution in [0.1, 0.15) is 20.7 Å². The molecule has 39 heavy (non-hydrogen) atoms. The maximum absolute atomic E-state index is 13.1. The van der Waals surface area contributed by atoms with E-state index in [1.54, 1.807) is 24.3 Å². The van der Waals surface area contributed by atoms with E-state index in [2.05, 4.69) is 10.6 Å². The topological polar surface area (TPSA) is 162 Å². The van der Waals surface area contributed by atoms with Gasteiger partial charge in [-0.2, -0.15) is 0 Å². The molecule has 0 aliphatic carbocycles. The quantitative estimate of drug-likeness (QED) is 0.158. The van der Waals surface area contributed by atoms with Crippen molar-refractivity contribution >= 4 is 66.1 Å². The SMILES string of the molecule is O=C(Nc1ccc([N+](=O)[O-])cc1)c1ccc2c(=O)c3ccc(C(=O)Nc4ccc([N+](=O)[O-])cc4)cc3sc2c1. The van der Waals surface area contributed by atoms with Crippen LogP contribution in [0.2, 0.25) is 0 Å². The lowest BCUT2D eigenvalue weighted by molar-refractivity contribution is -0.385. The van der Waals surface area contributed by atoms with Gasteiger partial charge in [-0.3, -0.25) is 34.6 Å². The molecule has 5 aromatic rings. The molecule has 192 valence electrons. The van der Waals surface area contributed by atoms with Crippen LogP contribution in [-0.2, 0) is 0 Å². The second-order valence-electron chi connectivity index (χ2n) is 8.37. The Bertz CT molecular complexity index is 1730. The number of fused-ring (bicyclic) bond motifs is 2. The summed E-state index contributed by atoms with van der Waals surface area (Å²) >= 11 is 1.24. The Labute approximate surface area is 222 Å². The van der Waals surface area contributed by atoms with Gasteiger partial charge >= 0.3 is 0 Å². The first kappa shape index (κ1) is 25.2. The Balaban J connectivity index is 1.42. The fourth-order valence-electron chi connectivity index (χ4n) is 3.87. The summed E-state index contributed by atoms with van der Waals surface area (Å²) in [5.74, 6) is -0.913. The van der Waals surface area contributed by atoms with Crippen LogP contribution in [0.4, 0.5) is 22.7 Å². The Morgan fingerprint density at radius 2 is 1.00 bits per heavy atom. The first-order chi connectivity index (χ1) is 18.7. The molecule has 0 unspecified atom stereocenters. The van der Waals surface area contributed by atoms with Gasteiger partial charge in [0.2, 0.25) is 0 Å². The van der Waals surface area contributed by atoms with Gasteiger partial charge in [0.25, 0.3) is 23.2 Å². The summed E-state index contributed by atoms with van der Waals surface area (Å²) < 4.78 is 1.08. The summed E-state index contributed by atoms with van der Waals surface area (Å²) in [5, 5.41) is 27.8. The zero-order valence-corrected chi connectivity index (χ0v) is 20.6. The first-order valence-corrected chi connectivity index (χ1v) is 12.1. The first-order valence-electron chi connectivity index (χ1n) is 11.3. The fraction of sp³-hybridized carbons (Fsp3) is 0. The van der Waals surface area contributed by atoms with E-state index >= 15 is 0 Å². The molecule has 0 fully saturated rings. The van der Waals surface area contributed by atoms with Crippen molar-refractivity contribution in [1.29, 1.82) is 0 Å². The number of rotatable bonds is 6. The van der Waals surface area contributed by atoms with Crippen LogP contribution in [0, 0.1) is 20.2 Å². The average molecular weight is 541 g/mol. The number of carbonyl (C=O) groups excluding carboxylic acids is 2. The normalized spacial score (nSPS) is 10.8. The van der Waals surface area contributed by atoms with Gasteiger partial charge in [0.05, 0.1) is 9.85 Å². The number of nitro benzene ring substituents is 2. The molecule has 0 saturated carbocycles. The van der Waals surface area contributed by atoms with Crippen molar-refractivity contribution in [2.24, 2.45) is 0 Å². The summed E-state index contributed by atoms with van der Waals surface area (Å²) in [5.41, 5.74) is 0.865. The van der Waals surface area contributed by atoms with Gasteiger partial charge in [-0.25, -0.2) is 0 Å². The van der Waals surface area contributed by atoms with Gasteiger partial charge in [-0.1, -0.05) is 0 Å². The maximum atomic E-state index is 13.1. The summed E-state index contributed by atoms with van der Waals surface area (Å²) in [6, 6.07) is 20.1. The minimum absolute atomic E-state index is 0.101. The van der Waals surface area contributed by atoms with Gasteiger partial charge in [-0.05, 0) is 60.7 Å². The standard InChI is InChI=1S/C27H16N4O7S/c32-25-21-11-1-15(26(33)28-17-3-7-19(8-4-17)30(35)36)13-23(21)39-24-14-16(2-12-22(24)25)27(34)29-18-5-9-20(10-6-18)31(37)38/h1-14H,(H,28,33)(H,29,34). The number of hydrogen-bond donors (Lipinski definition) is 2. The van der Waals surface area contributed by atoms with Gasteiger partial charge in [0.1, 0.15) is 0 Å². The lowest BCUT2D eigenvalue weighted by Crippen LogP contribution is -2.13. The van der Waals surface area contributed by atoms with Gasteiger partial charge in [-0.15, -0.1) is 11.3 Å². The minimum Gasteiger partial charge on any atom is -0.322 e. The molecule has 12 heteroatoms. The van der Waals surface area contributed by atoms with E-state index < -0.39 is 21.7 Å². The number of nitro groups is 2. The Hall–Kier alpha value is -5.49. The highest BCUT2D eigenvalue weighted by molar-refractivity contribution is 7.24. The highest BCUT2D eigenvalue weighted by atomic mass is 32.1. The number of nitrogens with one attached hydrogen (secondary N) is 2. The maximum Gasteiger partial charge on any atom is 0.269 e. The third-order valence-corrected chi connectivity index (χ3v) is 6.98. The van der Waals surface area contributed by atoms with E-state index in [9.17, 15) is 34.6 Å². The van der Waals surface area contributed by atoms with E-state index in [0.29, 0.717) is 31.5 Å². The summed E-state index contributed by atoms with van der Waals surface area (Å²) in [6.07, 6.45) is 0. The number of nitrogens with zero attached hydrogens (tertiary/aromatic N) is 2. The highest BCUT2D eigenvalue weighted by Gasteiger charge is 2.14. The average Bonchev–Trinajstić information content (AvgIpc) is 2.93. The predicted octanol–water partition coefficient (Wildman–Crippen LogP) is 5.74. The predicted molar refractivity (Wildman–Crippen MR) is 148 cm³/mol. The van der Waals surface area contributed by atoms with Crippen molar-refractivity contribution in [3.63, 3.8) is 0 Å². The second kappa shape index (κ2) is 10.1. The number of benzene rings is 4. The van der Waals surface area contributed by atoms with Crippen molar-refractivity contribution in [2.45, 2.75) is 0 Å². The van der Waals surface area contributed by atoms with E-state index in [1.165, 1.54) is 72.0 Å². The van der Waals surface area contributed by atoms with E-state index in [-0.39, 0.29) is 27.9 Å². The third-order valence-electron chi connectivity index (χ3n) is 5.87. The van der Waals surface area contributed by atoms with E-state index in [1.807, 2.05) is 0 Å². The minimum atomic E-state index is -0.536. The van der Waals surface area contributed by atoms with E-state index in [4.69, 9.17) is 0 Å². The van der Waals surface area contributed by atoms with Crippen molar-refractivity contribution in [1.82, 2.24) is 0 Å². The molecule has 1 heterocycles. The number of hydrogen-bond acceptors (Lipinski definition) is 8. The van der Waals surface area contributed by atoms with Crippen LogP contribution in [0.3, 0.4) is 0 Å². The van der Waals surface area contributed by atoms with Crippen LogP contribution in [-0.4, -0.2) is 21.7 Å². The van der Waals surface area contributed by atoms with Crippen LogP contribution in [0.25, 0.3) is 20.2 Å². The monoisotopic (exact) mass is 540 g/mol. The molecule has 0 atom stereocenters. The molecule has 0 aliphatic rings. The molecule has 2 amide bonds. The van der Waals surface area contributed by atoms with Gasteiger partial charge in [0.15, 0.2) is 5.43 Å². The van der Waals surface area contributed by atoms with Crippen molar-refractivity contribution in [2.75, 3.05) is 10.6 Å². The smallest absolute Gasteiger partial charge is 0.269 e. The molecular weight excluding hydrogens is 524 g/mol. The van der Waals surface area contributed by atoms with E-state index in [0.717, 1.165) is 0 Å². The molecule has 0 radical (unpaired) electrons. The molecule has 2 N–H and O–H groups in total. The highest BCUT2D eigenvalue weighted by Crippen LogP contribution is 2.27. The lowest BCUT2D eigenvalue weighted by atomic mass is 10.1. The van der Waals surface area contributed by atoms with Crippen LogP contribution in [0.15, 0.2) is 89.7 Å². The molecule has 0 saturated heterocycles. The second-order valence-corrected chi connectivity index (χ2v) is 9.45. The van der Waals surface area contributed by atoms with Crippen molar-refractivity contribution in [3.8, 4) is 0 Å².